The van der Waals surface area contributed by atoms with E-state index in [9.17, 15) is 0 Å². The first-order valence-corrected chi connectivity index (χ1v) is 7.63. The van der Waals surface area contributed by atoms with Crippen LogP contribution in [-0.2, 0) is 11.2 Å². The normalized spacial score (nSPS) is 13.4. The summed E-state index contributed by atoms with van der Waals surface area (Å²) < 4.78 is 16.9. The maximum absolute atomic E-state index is 5.99. The van der Waals surface area contributed by atoms with Crippen molar-refractivity contribution in [1.29, 1.82) is 0 Å². The number of ether oxygens (including phenoxy) is 3. The van der Waals surface area contributed by atoms with Crippen LogP contribution in [0.4, 0.5) is 0 Å². The summed E-state index contributed by atoms with van der Waals surface area (Å²) in [6.45, 7) is 4.62. The van der Waals surface area contributed by atoms with Crippen LogP contribution in [-0.4, -0.2) is 25.9 Å². The van der Waals surface area contributed by atoms with Crippen molar-refractivity contribution in [3.05, 3.63) is 60.2 Å². The molecule has 2 rings (SSSR count). The number of hydrogen-bond acceptors (Lipinski definition) is 3. The maximum atomic E-state index is 5.99. The second kappa shape index (κ2) is 8.44. The van der Waals surface area contributed by atoms with Crippen molar-refractivity contribution in [2.45, 2.75) is 32.5 Å². The van der Waals surface area contributed by atoms with Gasteiger partial charge in [0.15, 0.2) is 0 Å². The van der Waals surface area contributed by atoms with Gasteiger partial charge >= 0.3 is 0 Å². The molecule has 3 heteroatoms. The van der Waals surface area contributed by atoms with Gasteiger partial charge < -0.3 is 14.2 Å². The minimum absolute atomic E-state index is 0.0157. The Bertz CT molecular complexity index is 554. The Morgan fingerprint density at radius 2 is 1.45 bits per heavy atom. The molecule has 2 aromatic rings. The predicted octanol–water partition coefficient (Wildman–Crippen LogP) is 4.11. The lowest BCUT2D eigenvalue weighted by atomic mass is 10.1. The summed E-state index contributed by atoms with van der Waals surface area (Å²) in [4.78, 5) is 0. The van der Waals surface area contributed by atoms with Gasteiger partial charge in [-0.15, -0.1) is 0 Å². The van der Waals surface area contributed by atoms with Crippen LogP contribution in [0.15, 0.2) is 54.6 Å². The van der Waals surface area contributed by atoms with Gasteiger partial charge in [0.25, 0.3) is 0 Å². The Morgan fingerprint density at radius 3 is 2.09 bits per heavy atom. The Balaban J connectivity index is 1.92. The lowest BCUT2D eigenvalue weighted by Crippen LogP contribution is -2.18. The zero-order chi connectivity index (χ0) is 15.8. The summed E-state index contributed by atoms with van der Waals surface area (Å²) in [6, 6.07) is 18.1. The highest BCUT2D eigenvalue weighted by Gasteiger charge is 2.08. The van der Waals surface area contributed by atoms with E-state index in [1.54, 1.807) is 7.11 Å². The van der Waals surface area contributed by atoms with Gasteiger partial charge in [-0.25, -0.2) is 0 Å². The van der Waals surface area contributed by atoms with E-state index in [0.717, 1.165) is 17.9 Å². The van der Waals surface area contributed by atoms with E-state index in [4.69, 9.17) is 14.2 Å². The van der Waals surface area contributed by atoms with Crippen LogP contribution in [0.1, 0.15) is 19.4 Å². The summed E-state index contributed by atoms with van der Waals surface area (Å²) in [7, 11) is 1.67. The van der Waals surface area contributed by atoms with Crippen molar-refractivity contribution in [3.8, 4) is 11.5 Å². The second-order valence-electron chi connectivity index (χ2n) is 5.48. The van der Waals surface area contributed by atoms with Crippen LogP contribution in [0, 0.1) is 0 Å². The molecule has 0 aliphatic heterocycles. The van der Waals surface area contributed by atoms with E-state index < -0.39 is 0 Å². The number of benzene rings is 2. The van der Waals surface area contributed by atoms with Crippen LogP contribution in [0.5, 0.6) is 11.5 Å². The molecule has 0 unspecified atom stereocenters. The first kappa shape index (κ1) is 16.4. The van der Waals surface area contributed by atoms with Crippen LogP contribution in [0.3, 0.4) is 0 Å². The van der Waals surface area contributed by atoms with Crippen LogP contribution in [0.2, 0.25) is 0 Å². The van der Waals surface area contributed by atoms with Crippen molar-refractivity contribution in [1.82, 2.24) is 0 Å². The topological polar surface area (TPSA) is 27.7 Å². The van der Waals surface area contributed by atoms with Crippen LogP contribution >= 0.6 is 0 Å². The largest absolute Gasteiger partial charge is 0.490 e. The fraction of sp³-hybridized carbons (Fsp3) is 0.368. The van der Waals surface area contributed by atoms with Gasteiger partial charge in [-0.05, 0) is 31.5 Å². The molecule has 22 heavy (non-hydrogen) atoms. The molecule has 0 aliphatic rings. The average Bonchev–Trinajstić information content (AvgIpc) is 2.48. The minimum atomic E-state index is 0.0157. The van der Waals surface area contributed by atoms with Crippen molar-refractivity contribution < 1.29 is 14.2 Å². The third-order valence-corrected chi connectivity index (χ3v) is 3.25. The lowest BCUT2D eigenvalue weighted by Gasteiger charge is -2.17. The third kappa shape index (κ3) is 5.41. The fourth-order valence-electron chi connectivity index (χ4n) is 2.34. The molecule has 0 N–H and O–H groups in total. The zero-order valence-electron chi connectivity index (χ0n) is 13.5. The van der Waals surface area contributed by atoms with Gasteiger partial charge in [-0.3, -0.25) is 0 Å². The Kier molecular flexibility index (Phi) is 6.28. The average molecular weight is 300 g/mol. The SMILES string of the molecule is COC[C@H](C)Oc1cccc(O[C@@H](C)Cc2ccccc2)c1. The van der Waals surface area contributed by atoms with E-state index in [2.05, 4.69) is 19.1 Å². The summed E-state index contributed by atoms with van der Waals surface area (Å²) in [6.07, 6.45) is 1.00. The van der Waals surface area contributed by atoms with Crippen molar-refractivity contribution in [3.63, 3.8) is 0 Å². The third-order valence-electron chi connectivity index (χ3n) is 3.25. The summed E-state index contributed by atoms with van der Waals surface area (Å²) in [5, 5.41) is 0. The molecular formula is C19H24O3. The molecule has 0 bridgehead atoms. The monoisotopic (exact) mass is 300 g/mol. The van der Waals surface area contributed by atoms with Gasteiger partial charge in [0.2, 0.25) is 0 Å². The molecule has 0 saturated heterocycles. The first-order chi connectivity index (χ1) is 10.7. The number of hydrogen-bond donors (Lipinski definition) is 0. The standard InChI is InChI=1S/C19H24O3/c1-15(12-17-8-5-4-6-9-17)21-18-10-7-11-19(13-18)22-16(2)14-20-3/h4-11,13,15-16H,12,14H2,1-3H3/t15-,16-/m0/s1. The summed E-state index contributed by atoms with van der Waals surface area (Å²) >= 11 is 0. The van der Waals surface area contributed by atoms with Gasteiger partial charge in [-0.1, -0.05) is 36.4 Å². The van der Waals surface area contributed by atoms with Crippen LogP contribution < -0.4 is 9.47 Å². The molecule has 0 amide bonds. The smallest absolute Gasteiger partial charge is 0.123 e. The van der Waals surface area contributed by atoms with Gasteiger partial charge in [0, 0.05) is 19.6 Å². The van der Waals surface area contributed by atoms with E-state index >= 15 is 0 Å². The summed E-state index contributed by atoms with van der Waals surface area (Å²) in [5.41, 5.74) is 1.27. The second-order valence-corrected chi connectivity index (χ2v) is 5.48. The van der Waals surface area contributed by atoms with Crippen molar-refractivity contribution in [2.75, 3.05) is 13.7 Å². The van der Waals surface area contributed by atoms with Crippen LogP contribution in [0.25, 0.3) is 0 Å². The van der Waals surface area contributed by atoms with E-state index in [1.807, 2.05) is 49.4 Å². The Hall–Kier alpha value is -2.00. The molecular weight excluding hydrogens is 276 g/mol. The van der Waals surface area contributed by atoms with E-state index in [-0.39, 0.29) is 12.2 Å². The highest BCUT2D eigenvalue weighted by molar-refractivity contribution is 5.33. The Morgan fingerprint density at radius 1 is 0.818 bits per heavy atom. The molecule has 0 radical (unpaired) electrons. The molecule has 2 aromatic carbocycles. The first-order valence-electron chi connectivity index (χ1n) is 7.63. The van der Waals surface area contributed by atoms with Gasteiger partial charge in [0.1, 0.15) is 17.6 Å². The summed E-state index contributed by atoms with van der Waals surface area (Å²) in [5.74, 6) is 1.62. The molecule has 118 valence electrons. The molecule has 3 nitrogen and oxygen atoms in total. The van der Waals surface area contributed by atoms with E-state index in [1.165, 1.54) is 5.56 Å². The molecule has 0 aliphatic carbocycles. The highest BCUT2D eigenvalue weighted by atomic mass is 16.5. The van der Waals surface area contributed by atoms with Gasteiger partial charge in [0.05, 0.1) is 12.7 Å². The Labute approximate surface area is 132 Å². The van der Waals surface area contributed by atoms with Crippen molar-refractivity contribution >= 4 is 0 Å². The van der Waals surface area contributed by atoms with E-state index in [0.29, 0.717) is 6.61 Å². The lowest BCUT2D eigenvalue weighted by molar-refractivity contribution is 0.0917. The molecule has 0 aromatic heterocycles. The maximum Gasteiger partial charge on any atom is 0.123 e. The zero-order valence-corrected chi connectivity index (χ0v) is 13.5. The minimum Gasteiger partial charge on any atom is -0.490 e. The van der Waals surface area contributed by atoms with Crippen molar-refractivity contribution in [2.24, 2.45) is 0 Å². The van der Waals surface area contributed by atoms with Gasteiger partial charge in [-0.2, -0.15) is 0 Å². The number of rotatable bonds is 8. The predicted molar refractivity (Wildman–Crippen MR) is 88.6 cm³/mol. The molecule has 0 spiro atoms. The highest BCUT2D eigenvalue weighted by Crippen LogP contribution is 2.22. The molecule has 0 fully saturated rings. The fourth-order valence-corrected chi connectivity index (χ4v) is 2.34. The molecule has 0 heterocycles. The number of methoxy groups -OCH3 is 1. The molecule has 2 atom stereocenters. The molecule has 0 saturated carbocycles. The quantitative estimate of drug-likeness (QED) is 0.734.